The van der Waals surface area contributed by atoms with Crippen LogP contribution in [0.15, 0.2) is 35.1 Å². The molecular formula is C20H17FN2O4S. The van der Waals surface area contributed by atoms with Gasteiger partial charge in [0.15, 0.2) is 5.60 Å². The Labute approximate surface area is 166 Å². The van der Waals surface area contributed by atoms with Crippen molar-refractivity contribution in [2.45, 2.75) is 25.7 Å². The molecule has 8 heteroatoms. The molecule has 0 saturated heterocycles. The van der Waals surface area contributed by atoms with Crippen LogP contribution in [0.4, 0.5) is 4.39 Å². The van der Waals surface area contributed by atoms with Gasteiger partial charge in [0.2, 0.25) is 0 Å². The van der Waals surface area contributed by atoms with Gasteiger partial charge in [-0.1, -0.05) is 0 Å². The third-order valence-corrected chi connectivity index (χ3v) is 4.99. The molecular weight excluding hydrogens is 383 g/mol. The summed E-state index contributed by atoms with van der Waals surface area (Å²) in [6.45, 7) is 1.21. The van der Waals surface area contributed by atoms with Crippen LogP contribution >= 0.6 is 12.6 Å². The Kier molecular flexibility index (Phi) is 3.99. The number of hydrogen-bond acceptors (Lipinski definition) is 6. The molecule has 2 aliphatic heterocycles. The predicted octanol–water partition coefficient (Wildman–Crippen LogP) is 2.37. The molecule has 2 aromatic heterocycles. The van der Waals surface area contributed by atoms with Gasteiger partial charge in [-0.05, 0) is 37.4 Å². The zero-order valence-electron chi connectivity index (χ0n) is 16.1. The Balaban J connectivity index is 0.000000994. The number of fused-ring (bicyclic) bond motifs is 5. The molecule has 0 bridgehead atoms. The van der Waals surface area contributed by atoms with E-state index in [4.69, 9.17) is 6.11 Å². The van der Waals surface area contributed by atoms with Crippen LogP contribution in [0, 0.1) is 5.82 Å². The molecule has 3 aromatic rings. The van der Waals surface area contributed by atoms with E-state index in [2.05, 4.69) is 17.6 Å². The highest BCUT2D eigenvalue weighted by atomic mass is 32.1. The minimum atomic E-state index is -1.95. The maximum atomic E-state index is 13.6. The molecule has 1 aromatic carbocycles. The van der Waals surface area contributed by atoms with E-state index in [0.717, 1.165) is 0 Å². The van der Waals surface area contributed by atoms with Gasteiger partial charge < -0.3 is 14.4 Å². The Morgan fingerprint density at radius 3 is 2.86 bits per heavy atom. The molecule has 4 heterocycles. The Morgan fingerprint density at radius 2 is 2.11 bits per heavy atom. The van der Waals surface area contributed by atoms with Gasteiger partial charge >= 0.3 is 5.97 Å². The Morgan fingerprint density at radius 1 is 1.36 bits per heavy atom. The highest BCUT2D eigenvalue weighted by Crippen LogP contribution is 2.37. The molecule has 0 unspecified atom stereocenters. The second-order valence-electron chi connectivity index (χ2n) is 6.69. The number of esters is 1. The van der Waals surface area contributed by atoms with Gasteiger partial charge in [-0.15, -0.1) is 0 Å². The zero-order valence-corrected chi connectivity index (χ0v) is 16.0. The zero-order chi connectivity index (χ0) is 21.1. The number of nitrogens with zero attached hydrogens (tertiary/aromatic N) is 2. The van der Waals surface area contributed by atoms with Crippen molar-refractivity contribution in [2.75, 3.05) is 6.26 Å². The Hall–Kier alpha value is -2.71. The fraction of sp³-hybridized carbons (Fsp3) is 0.250. The normalized spacial score (nSPS) is 19.8. The van der Waals surface area contributed by atoms with E-state index >= 15 is 0 Å². The highest BCUT2D eigenvalue weighted by molar-refractivity contribution is 7.79. The van der Waals surface area contributed by atoms with Gasteiger partial charge in [0.1, 0.15) is 12.4 Å². The SMILES string of the molecule is CS.[3H]c1c2c(nc3cc(F)ccc13)-c1cc3c(c(=O)n1C2)COC(=O)[C@@]3(C)O. The lowest BCUT2D eigenvalue weighted by atomic mass is 9.90. The summed E-state index contributed by atoms with van der Waals surface area (Å²) >= 11 is 3.53. The summed E-state index contributed by atoms with van der Waals surface area (Å²) in [5.41, 5.74) is -0.338. The third-order valence-electron chi connectivity index (χ3n) is 4.99. The van der Waals surface area contributed by atoms with Crippen LogP contribution in [-0.4, -0.2) is 26.9 Å². The van der Waals surface area contributed by atoms with E-state index in [1.54, 1.807) is 12.3 Å². The van der Waals surface area contributed by atoms with Crippen LogP contribution in [0.3, 0.4) is 0 Å². The quantitative estimate of drug-likeness (QED) is 0.349. The molecule has 144 valence electrons. The average molecular weight is 402 g/mol. The largest absolute Gasteiger partial charge is 0.458 e. The van der Waals surface area contributed by atoms with Crippen LogP contribution < -0.4 is 5.56 Å². The van der Waals surface area contributed by atoms with Crippen molar-refractivity contribution >= 4 is 29.5 Å². The lowest BCUT2D eigenvalue weighted by Crippen LogP contribution is -2.42. The maximum Gasteiger partial charge on any atom is 0.342 e. The van der Waals surface area contributed by atoms with Gasteiger partial charge in [0.05, 0.1) is 30.4 Å². The smallest absolute Gasteiger partial charge is 0.342 e. The number of carbonyl (C=O) groups is 1. The van der Waals surface area contributed by atoms with E-state index < -0.39 is 22.9 Å². The number of pyridine rings is 2. The maximum absolute atomic E-state index is 13.6. The number of benzene rings is 1. The molecule has 0 aliphatic carbocycles. The van der Waals surface area contributed by atoms with Crippen LogP contribution in [0.2, 0.25) is 0 Å². The highest BCUT2D eigenvalue weighted by Gasteiger charge is 2.42. The van der Waals surface area contributed by atoms with E-state index in [9.17, 15) is 19.1 Å². The van der Waals surface area contributed by atoms with Gasteiger partial charge in [0.25, 0.3) is 5.56 Å². The summed E-state index contributed by atoms with van der Waals surface area (Å²) in [6, 6.07) is 5.71. The molecule has 0 saturated carbocycles. The monoisotopic (exact) mass is 402 g/mol. The van der Waals surface area contributed by atoms with Crippen LogP contribution in [0.5, 0.6) is 0 Å². The second-order valence-corrected chi connectivity index (χ2v) is 6.69. The molecule has 28 heavy (non-hydrogen) atoms. The molecule has 1 N–H and O–H groups in total. The van der Waals surface area contributed by atoms with E-state index in [1.165, 1.54) is 29.7 Å². The topological polar surface area (TPSA) is 81.4 Å². The summed E-state index contributed by atoms with van der Waals surface area (Å²) in [5, 5.41) is 11.0. The van der Waals surface area contributed by atoms with E-state index in [-0.39, 0.29) is 30.3 Å². The molecule has 0 fully saturated rings. The summed E-state index contributed by atoms with van der Waals surface area (Å²) < 4.78 is 28.4. The number of hydrogen-bond donors (Lipinski definition) is 2. The van der Waals surface area contributed by atoms with Crippen molar-refractivity contribution in [3.8, 4) is 11.4 Å². The summed E-state index contributed by atoms with van der Waals surface area (Å²) in [6.07, 6.45) is 1.69. The number of aliphatic hydroxyl groups is 1. The van der Waals surface area contributed by atoms with Crippen molar-refractivity contribution in [1.82, 2.24) is 9.55 Å². The molecule has 0 spiro atoms. The standard InChI is InChI=1S/C19H13FN2O4.CH4S/c1-19(25)13-6-15-16-10(4-9-2-3-11(20)5-14(9)21-16)7-22(15)17(23)12(13)8-26-18(19)24;1-2/h2-6,25H,7-8H2,1H3;2H,1H3/t19-;/m0./s1/i4T;. The van der Waals surface area contributed by atoms with Crippen molar-refractivity contribution in [2.24, 2.45) is 0 Å². The van der Waals surface area contributed by atoms with Gasteiger partial charge in [-0.25, -0.2) is 14.2 Å². The number of halogens is 1. The number of carbonyl (C=O) groups excluding carboxylic acids is 1. The number of aromatic nitrogens is 2. The minimum absolute atomic E-state index is 0.145. The van der Waals surface area contributed by atoms with E-state index in [1.807, 2.05) is 0 Å². The summed E-state index contributed by atoms with van der Waals surface area (Å²) in [7, 11) is 0. The number of cyclic esters (lactones) is 1. The van der Waals surface area contributed by atoms with Gasteiger partial charge in [-0.2, -0.15) is 12.6 Å². The molecule has 2 aliphatic rings. The van der Waals surface area contributed by atoms with Crippen LogP contribution in [0.25, 0.3) is 22.3 Å². The Bertz CT molecular complexity index is 1260. The minimum Gasteiger partial charge on any atom is -0.458 e. The van der Waals surface area contributed by atoms with Crippen LogP contribution in [-0.2, 0) is 28.3 Å². The molecule has 0 amide bonds. The van der Waals surface area contributed by atoms with Crippen molar-refractivity contribution in [3.63, 3.8) is 0 Å². The number of rotatable bonds is 0. The lowest BCUT2D eigenvalue weighted by molar-refractivity contribution is -0.169. The molecule has 0 radical (unpaired) electrons. The van der Waals surface area contributed by atoms with Gasteiger partial charge in [0, 0.05) is 22.6 Å². The first-order valence-corrected chi connectivity index (χ1v) is 9.39. The molecule has 1 atom stereocenters. The number of ether oxygens (including phenoxy) is 1. The average Bonchev–Trinajstić information content (AvgIpc) is 3.06. The first kappa shape index (κ1) is 17.4. The number of thiol groups is 1. The fourth-order valence-electron chi connectivity index (χ4n) is 3.60. The summed E-state index contributed by atoms with van der Waals surface area (Å²) in [4.78, 5) is 29.3. The predicted molar refractivity (Wildman–Crippen MR) is 105 cm³/mol. The summed E-state index contributed by atoms with van der Waals surface area (Å²) in [5.74, 6) is -1.30. The second kappa shape index (κ2) is 6.42. The first-order valence-electron chi connectivity index (χ1n) is 8.99. The van der Waals surface area contributed by atoms with Crippen molar-refractivity contribution < 1.29 is 20.4 Å². The fourth-order valence-corrected chi connectivity index (χ4v) is 3.60. The first-order chi connectivity index (χ1) is 13.8. The molecule has 5 rings (SSSR count). The van der Waals surface area contributed by atoms with E-state index in [0.29, 0.717) is 27.9 Å². The lowest BCUT2D eigenvalue weighted by Gasteiger charge is -2.29. The van der Waals surface area contributed by atoms with Crippen molar-refractivity contribution in [3.05, 3.63) is 63.2 Å². The van der Waals surface area contributed by atoms with Crippen molar-refractivity contribution in [1.29, 1.82) is 0 Å². The third kappa shape index (κ3) is 2.56. The van der Waals surface area contributed by atoms with Crippen LogP contribution in [0.1, 0.15) is 25.0 Å². The van der Waals surface area contributed by atoms with Gasteiger partial charge in [-0.3, -0.25) is 4.79 Å². The molecule has 6 nitrogen and oxygen atoms in total.